The maximum absolute atomic E-state index is 5.83. The van der Waals surface area contributed by atoms with Crippen molar-refractivity contribution in [1.82, 2.24) is 5.06 Å². The molecule has 68 valence electrons. The van der Waals surface area contributed by atoms with Crippen molar-refractivity contribution < 1.29 is 4.84 Å². The molecule has 0 saturated heterocycles. The van der Waals surface area contributed by atoms with Crippen LogP contribution in [0.2, 0.25) is 0 Å². The van der Waals surface area contributed by atoms with E-state index in [1.807, 2.05) is 7.05 Å². The van der Waals surface area contributed by atoms with E-state index >= 15 is 0 Å². The molecule has 1 unspecified atom stereocenters. The second kappa shape index (κ2) is 5.52. The van der Waals surface area contributed by atoms with Gasteiger partial charge in [0.25, 0.3) is 0 Å². The fraction of sp³-hybridized carbons (Fsp3) is 1.00. The number of nitrogens with two attached hydrogens (primary N) is 1. The Morgan fingerprint density at radius 1 is 1.45 bits per heavy atom. The van der Waals surface area contributed by atoms with Crippen LogP contribution in [-0.4, -0.2) is 31.8 Å². The molecule has 3 nitrogen and oxygen atoms in total. The van der Waals surface area contributed by atoms with Crippen LogP contribution in [-0.2, 0) is 4.84 Å². The van der Waals surface area contributed by atoms with Gasteiger partial charge in [0, 0.05) is 19.6 Å². The number of nitrogens with zero attached hydrogens (tertiary/aromatic N) is 1. The van der Waals surface area contributed by atoms with Gasteiger partial charge >= 0.3 is 0 Å². The number of likely N-dealkylation sites (N-methyl/N-ethyl adjacent to an activating group) is 1. The number of hydrogen-bond donors (Lipinski definition) is 1. The molecule has 11 heavy (non-hydrogen) atoms. The molecule has 0 radical (unpaired) electrons. The van der Waals surface area contributed by atoms with E-state index in [2.05, 4.69) is 13.8 Å². The highest BCUT2D eigenvalue weighted by Gasteiger charge is 2.07. The Morgan fingerprint density at radius 3 is 2.36 bits per heavy atom. The summed E-state index contributed by atoms with van der Waals surface area (Å²) in [6.07, 6.45) is 1.05. The Balaban J connectivity index is 3.43. The van der Waals surface area contributed by atoms with E-state index in [0.717, 1.165) is 13.0 Å². The molecule has 0 heterocycles. The van der Waals surface area contributed by atoms with Gasteiger partial charge in [0.1, 0.15) is 0 Å². The number of hydroxylamine groups is 2. The summed E-state index contributed by atoms with van der Waals surface area (Å²) in [5.74, 6) is 0.662. The molecule has 0 saturated carbocycles. The molecule has 0 spiro atoms. The van der Waals surface area contributed by atoms with Crippen LogP contribution in [0.3, 0.4) is 0 Å². The molecule has 0 aromatic carbocycles. The molecule has 0 aromatic rings. The summed E-state index contributed by atoms with van der Waals surface area (Å²) in [5, 5.41) is 1.76. The predicted octanol–water partition coefficient (Wildman–Crippen LogP) is 0.853. The smallest absolute Gasteiger partial charge is 0.0575 e. The van der Waals surface area contributed by atoms with Crippen molar-refractivity contribution in [1.29, 1.82) is 0 Å². The average Bonchev–Trinajstić information content (AvgIpc) is 1.85. The monoisotopic (exact) mass is 160 g/mol. The van der Waals surface area contributed by atoms with Gasteiger partial charge in [-0.1, -0.05) is 13.8 Å². The van der Waals surface area contributed by atoms with E-state index in [9.17, 15) is 0 Å². The predicted molar refractivity (Wildman–Crippen MR) is 47.1 cm³/mol. The van der Waals surface area contributed by atoms with E-state index in [4.69, 9.17) is 10.6 Å². The van der Waals surface area contributed by atoms with Gasteiger partial charge in [-0.2, -0.15) is 5.06 Å². The third-order valence-electron chi connectivity index (χ3n) is 1.58. The minimum Gasteiger partial charge on any atom is -0.326 e. The first-order chi connectivity index (χ1) is 5.06. The minimum atomic E-state index is 0.222. The molecular weight excluding hydrogens is 140 g/mol. The highest BCUT2D eigenvalue weighted by molar-refractivity contribution is 4.64. The lowest BCUT2D eigenvalue weighted by molar-refractivity contribution is -0.112. The lowest BCUT2D eigenvalue weighted by Crippen LogP contribution is -2.35. The van der Waals surface area contributed by atoms with Crippen LogP contribution < -0.4 is 5.73 Å². The van der Waals surface area contributed by atoms with Gasteiger partial charge in [-0.25, -0.2) is 0 Å². The quantitative estimate of drug-likeness (QED) is 0.606. The topological polar surface area (TPSA) is 38.5 Å². The van der Waals surface area contributed by atoms with Crippen molar-refractivity contribution in [2.24, 2.45) is 11.7 Å². The van der Waals surface area contributed by atoms with Crippen LogP contribution in [0.15, 0.2) is 0 Å². The first-order valence-electron chi connectivity index (χ1n) is 4.07. The standard InChI is InChI=1S/C8H20N2O/c1-7(2)5-8(9)6-10(3)11-4/h7-8H,5-6,9H2,1-4H3. The van der Waals surface area contributed by atoms with E-state index in [1.54, 1.807) is 12.2 Å². The van der Waals surface area contributed by atoms with Gasteiger partial charge in [0.2, 0.25) is 0 Å². The Hall–Kier alpha value is -0.120. The second-order valence-electron chi connectivity index (χ2n) is 3.38. The van der Waals surface area contributed by atoms with Gasteiger partial charge in [0.15, 0.2) is 0 Å². The molecular formula is C8H20N2O. The fourth-order valence-corrected chi connectivity index (χ4v) is 1.08. The lowest BCUT2D eigenvalue weighted by Gasteiger charge is -2.19. The first-order valence-corrected chi connectivity index (χ1v) is 4.07. The number of hydrogen-bond acceptors (Lipinski definition) is 3. The zero-order valence-corrected chi connectivity index (χ0v) is 8.00. The molecule has 0 rings (SSSR count). The Labute approximate surface area is 69.5 Å². The molecule has 0 amide bonds. The fourth-order valence-electron chi connectivity index (χ4n) is 1.08. The van der Waals surface area contributed by atoms with Gasteiger partial charge in [-0.15, -0.1) is 0 Å². The van der Waals surface area contributed by atoms with Crippen LogP contribution in [0.25, 0.3) is 0 Å². The maximum atomic E-state index is 5.83. The molecule has 0 aromatic heterocycles. The van der Waals surface area contributed by atoms with Gasteiger partial charge < -0.3 is 10.6 Å². The second-order valence-corrected chi connectivity index (χ2v) is 3.38. The SMILES string of the molecule is CON(C)CC(N)CC(C)C. The third kappa shape index (κ3) is 6.28. The van der Waals surface area contributed by atoms with Crippen molar-refractivity contribution in [2.45, 2.75) is 26.3 Å². The van der Waals surface area contributed by atoms with Crippen molar-refractivity contribution in [2.75, 3.05) is 20.7 Å². The highest BCUT2D eigenvalue weighted by Crippen LogP contribution is 2.03. The summed E-state index contributed by atoms with van der Waals surface area (Å²) in [6, 6.07) is 0.222. The van der Waals surface area contributed by atoms with Crippen molar-refractivity contribution in [3.8, 4) is 0 Å². The van der Waals surface area contributed by atoms with Crippen LogP contribution in [0.5, 0.6) is 0 Å². The van der Waals surface area contributed by atoms with Crippen LogP contribution in [0.4, 0.5) is 0 Å². The van der Waals surface area contributed by atoms with Gasteiger partial charge in [-0.05, 0) is 12.3 Å². The van der Waals surface area contributed by atoms with Crippen LogP contribution in [0.1, 0.15) is 20.3 Å². The Bertz CT molecular complexity index is 96.1. The normalized spacial score (nSPS) is 14.5. The zero-order chi connectivity index (χ0) is 8.85. The maximum Gasteiger partial charge on any atom is 0.0575 e. The number of rotatable bonds is 5. The summed E-state index contributed by atoms with van der Waals surface area (Å²) in [4.78, 5) is 4.96. The molecule has 0 aliphatic heterocycles. The van der Waals surface area contributed by atoms with E-state index in [1.165, 1.54) is 0 Å². The molecule has 0 bridgehead atoms. The van der Waals surface area contributed by atoms with Crippen molar-refractivity contribution in [3.05, 3.63) is 0 Å². The summed E-state index contributed by atoms with van der Waals surface area (Å²) in [7, 11) is 3.54. The van der Waals surface area contributed by atoms with Gasteiger partial charge in [0.05, 0.1) is 7.11 Å². The van der Waals surface area contributed by atoms with E-state index in [-0.39, 0.29) is 6.04 Å². The largest absolute Gasteiger partial charge is 0.326 e. The molecule has 0 aliphatic rings. The third-order valence-corrected chi connectivity index (χ3v) is 1.58. The van der Waals surface area contributed by atoms with E-state index in [0.29, 0.717) is 5.92 Å². The minimum absolute atomic E-state index is 0.222. The molecule has 1 atom stereocenters. The summed E-state index contributed by atoms with van der Waals surface area (Å²) >= 11 is 0. The first kappa shape index (κ1) is 10.9. The molecule has 0 fully saturated rings. The molecule has 0 aliphatic carbocycles. The molecule has 2 N–H and O–H groups in total. The van der Waals surface area contributed by atoms with Crippen molar-refractivity contribution in [3.63, 3.8) is 0 Å². The highest BCUT2D eigenvalue weighted by atomic mass is 16.7. The van der Waals surface area contributed by atoms with Crippen LogP contribution >= 0.6 is 0 Å². The summed E-state index contributed by atoms with van der Waals surface area (Å²) in [5.41, 5.74) is 5.83. The summed E-state index contributed by atoms with van der Waals surface area (Å²) in [6.45, 7) is 5.15. The Morgan fingerprint density at radius 2 is 2.00 bits per heavy atom. The average molecular weight is 160 g/mol. The summed E-state index contributed by atoms with van der Waals surface area (Å²) < 4.78 is 0. The zero-order valence-electron chi connectivity index (χ0n) is 8.00. The van der Waals surface area contributed by atoms with Crippen LogP contribution in [0, 0.1) is 5.92 Å². The Kier molecular flexibility index (Phi) is 5.46. The van der Waals surface area contributed by atoms with E-state index < -0.39 is 0 Å². The molecule has 3 heteroatoms. The van der Waals surface area contributed by atoms with Gasteiger partial charge in [-0.3, -0.25) is 0 Å². The van der Waals surface area contributed by atoms with Crippen molar-refractivity contribution >= 4 is 0 Å². The lowest BCUT2D eigenvalue weighted by atomic mass is 10.0.